The van der Waals surface area contributed by atoms with Crippen LogP contribution in [-0.2, 0) is 4.79 Å². The predicted octanol–water partition coefficient (Wildman–Crippen LogP) is 1.33. The van der Waals surface area contributed by atoms with E-state index in [0.29, 0.717) is 4.88 Å². The molecule has 0 atom stereocenters. The minimum absolute atomic E-state index is 0.112. The van der Waals surface area contributed by atoms with E-state index in [1.807, 2.05) is 0 Å². The highest BCUT2D eigenvalue weighted by Crippen LogP contribution is 2.26. The number of nitrogens with zero attached hydrogens (tertiary/aromatic N) is 1. The van der Waals surface area contributed by atoms with Gasteiger partial charge in [0.05, 0.1) is 5.75 Å². The first-order chi connectivity index (χ1) is 6.52. The maximum Gasteiger partial charge on any atom is 0.339 e. The highest BCUT2D eigenvalue weighted by atomic mass is 32.2. The number of carboxylic acids is 2. The van der Waals surface area contributed by atoms with Gasteiger partial charge < -0.3 is 10.2 Å². The first kappa shape index (κ1) is 11.0. The predicted molar refractivity (Wildman–Crippen MR) is 52.2 cm³/mol. The van der Waals surface area contributed by atoms with Crippen LogP contribution >= 0.6 is 23.3 Å². The van der Waals surface area contributed by atoms with E-state index in [4.69, 9.17) is 10.2 Å². The fourth-order valence-corrected chi connectivity index (χ4v) is 2.44. The van der Waals surface area contributed by atoms with Crippen LogP contribution in [-0.4, -0.2) is 32.3 Å². The topological polar surface area (TPSA) is 87.5 Å². The van der Waals surface area contributed by atoms with E-state index < -0.39 is 11.9 Å². The Balaban J connectivity index is 2.86. The van der Waals surface area contributed by atoms with Gasteiger partial charge in [0, 0.05) is 4.88 Å². The molecule has 2 N–H and O–H groups in total. The molecule has 14 heavy (non-hydrogen) atoms. The Kier molecular flexibility index (Phi) is 3.48. The molecular formula is C7H7NO4S2. The van der Waals surface area contributed by atoms with Crippen molar-refractivity contribution in [2.24, 2.45) is 0 Å². The molecule has 1 rings (SSSR count). The third-order valence-corrected chi connectivity index (χ3v) is 3.21. The standard InChI is InChI=1S/C7H7NO4S2/c1-3-5(7(11)12)6(8-14-3)13-2-4(9)10/h2H2,1H3,(H,9,10)(H,11,12). The molecule has 0 fully saturated rings. The van der Waals surface area contributed by atoms with Gasteiger partial charge >= 0.3 is 11.9 Å². The molecule has 0 aliphatic carbocycles. The normalized spacial score (nSPS) is 10.1. The fraction of sp³-hybridized carbons (Fsp3) is 0.286. The molecule has 0 aromatic carbocycles. The van der Waals surface area contributed by atoms with E-state index in [-0.39, 0.29) is 16.3 Å². The number of thioether (sulfide) groups is 1. The summed E-state index contributed by atoms with van der Waals surface area (Å²) in [6.45, 7) is 1.64. The SMILES string of the molecule is Cc1snc(SCC(=O)O)c1C(=O)O. The molecule has 7 heteroatoms. The van der Waals surface area contributed by atoms with Crippen LogP contribution in [0.3, 0.4) is 0 Å². The van der Waals surface area contributed by atoms with E-state index >= 15 is 0 Å². The molecule has 0 aliphatic rings. The number of aryl methyl sites for hydroxylation is 1. The number of carboxylic acid groups (broad SMARTS) is 2. The Labute approximate surface area is 87.9 Å². The second kappa shape index (κ2) is 4.43. The Morgan fingerprint density at radius 3 is 2.64 bits per heavy atom. The highest BCUT2D eigenvalue weighted by Gasteiger charge is 2.18. The molecule has 0 saturated carbocycles. The first-order valence-corrected chi connectivity index (χ1v) is 5.32. The van der Waals surface area contributed by atoms with Gasteiger partial charge in [-0.3, -0.25) is 4.79 Å². The van der Waals surface area contributed by atoms with Crippen molar-refractivity contribution in [1.29, 1.82) is 0 Å². The molecule has 0 unspecified atom stereocenters. The van der Waals surface area contributed by atoms with Crippen molar-refractivity contribution in [3.8, 4) is 0 Å². The lowest BCUT2D eigenvalue weighted by atomic mass is 10.3. The summed E-state index contributed by atoms with van der Waals surface area (Å²) in [5, 5.41) is 17.5. The summed E-state index contributed by atoms with van der Waals surface area (Å²) in [6.07, 6.45) is 0. The third kappa shape index (κ3) is 2.46. The van der Waals surface area contributed by atoms with Crippen molar-refractivity contribution in [2.45, 2.75) is 11.9 Å². The van der Waals surface area contributed by atoms with Gasteiger partial charge in [0.1, 0.15) is 10.6 Å². The first-order valence-electron chi connectivity index (χ1n) is 3.56. The lowest BCUT2D eigenvalue weighted by molar-refractivity contribution is -0.133. The lowest BCUT2D eigenvalue weighted by Gasteiger charge is -1.95. The molecule has 0 bridgehead atoms. The molecule has 1 heterocycles. The second-order valence-electron chi connectivity index (χ2n) is 2.41. The van der Waals surface area contributed by atoms with E-state index in [1.54, 1.807) is 6.92 Å². The minimum atomic E-state index is -1.07. The average Bonchev–Trinajstić information content (AvgIpc) is 2.43. The number of aliphatic carboxylic acids is 1. The van der Waals surface area contributed by atoms with Gasteiger partial charge in [-0.05, 0) is 18.5 Å². The molecule has 0 saturated heterocycles. The molecule has 0 aliphatic heterocycles. The van der Waals surface area contributed by atoms with Gasteiger partial charge in [0.2, 0.25) is 0 Å². The highest BCUT2D eigenvalue weighted by molar-refractivity contribution is 8.00. The van der Waals surface area contributed by atoms with Gasteiger partial charge in [-0.25, -0.2) is 4.79 Å². The zero-order valence-corrected chi connectivity index (χ0v) is 8.81. The van der Waals surface area contributed by atoms with Crippen molar-refractivity contribution < 1.29 is 19.8 Å². The van der Waals surface area contributed by atoms with Crippen LogP contribution in [0.25, 0.3) is 0 Å². The van der Waals surface area contributed by atoms with Crippen LogP contribution in [0.5, 0.6) is 0 Å². The molecule has 5 nitrogen and oxygen atoms in total. The van der Waals surface area contributed by atoms with Crippen LogP contribution in [0.15, 0.2) is 5.03 Å². The molecule has 76 valence electrons. The average molecular weight is 233 g/mol. The number of aromatic carboxylic acids is 1. The summed E-state index contributed by atoms with van der Waals surface area (Å²) >= 11 is 1.99. The molecule has 0 radical (unpaired) electrons. The van der Waals surface area contributed by atoms with Crippen LogP contribution in [0.1, 0.15) is 15.2 Å². The summed E-state index contributed by atoms with van der Waals surface area (Å²) in [5.41, 5.74) is 0.112. The molecule has 0 spiro atoms. The largest absolute Gasteiger partial charge is 0.481 e. The van der Waals surface area contributed by atoms with Crippen molar-refractivity contribution in [2.75, 3.05) is 5.75 Å². The van der Waals surface area contributed by atoms with E-state index in [9.17, 15) is 9.59 Å². The Bertz CT molecular complexity index is 374. The van der Waals surface area contributed by atoms with Gasteiger partial charge in [0.25, 0.3) is 0 Å². The van der Waals surface area contributed by atoms with Crippen LogP contribution in [0.2, 0.25) is 0 Å². The molecular weight excluding hydrogens is 226 g/mol. The third-order valence-electron chi connectivity index (χ3n) is 1.38. The summed E-state index contributed by atoms with van der Waals surface area (Å²) in [6, 6.07) is 0. The van der Waals surface area contributed by atoms with Gasteiger partial charge in [0.15, 0.2) is 0 Å². The van der Waals surface area contributed by atoms with Crippen molar-refractivity contribution in [3.05, 3.63) is 10.4 Å². The van der Waals surface area contributed by atoms with E-state index in [0.717, 1.165) is 23.3 Å². The maximum absolute atomic E-state index is 10.8. The molecule has 1 aromatic rings. The molecule has 0 amide bonds. The fourth-order valence-electron chi connectivity index (χ4n) is 0.822. The monoisotopic (exact) mass is 233 g/mol. The number of carbonyl (C=O) groups is 2. The Morgan fingerprint density at radius 1 is 1.50 bits per heavy atom. The van der Waals surface area contributed by atoms with Gasteiger partial charge in [-0.1, -0.05) is 11.8 Å². The number of aromatic nitrogens is 1. The van der Waals surface area contributed by atoms with Crippen LogP contribution < -0.4 is 0 Å². The summed E-state index contributed by atoms with van der Waals surface area (Å²) in [5.74, 6) is -2.23. The lowest BCUT2D eigenvalue weighted by Crippen LogP contribution is -2.02. The van der Waals surface area contributed by atoms with Crippen molar-refractivity contribution in [1.82, 2.24) is 4.37 Å². The zero-order chi connectivity index (χ0) is 10.7. The summed E-state index contributed by atoms with van der Waals surface area (Å²) < 4.78 is 3.87. The zero-order valence-electron chi connectivity index (χ0n) is 7.18. The van der Waals surface area contributed by atoms with Crippen LogP contribution in [0, 0.1) is 6.92 Å². The van der Waals surface area contributed by atoms with Gasteiger partial charge in [-0.2, -0.15) is 4.37 Å². The number of hydrogen-bond donors (Lipinski definition) is 2. The number of rotatable bonds is 4. The van der Waals surface area contributed by atoms with Crippen molar-refractivity contribution >= 4 is 35.2 Å². The van der Waals surface area contributed by atoms with Gasteiger partial charge in [-0.15, -0.1) is 0 Å². The maximum atomic E-state index is 10.8. The smallest absolute Gasteiger partial charge is 0.339 e. The Morgan fingerprint density at radius 2 is 2.14 bits per heavy atom. The number of hydrogen-bond acceptors (Lipinski definition) is 5. The van der Waals surface area contributed by atoms with E-state index in [1.165, 1.54) is 0 Å². The summed E-state index contributed by atoms with van der Waals surface area (Å²) in [4.78, 5) is 21.6. The second-order valence-corrected chi connectivity index (χ2v) is 4.35. The molecule has 1 aromatic heterocycles. The minimum Gasteiger partial charge on any atom is -0.481 e. The van der Waals surface area contributed by atoms with Crippen molar-refractivity contribution in [3.63, 3.8) is 0 Å². The van der Waals surface area contributed by atoms with Crippen LogP contribution in [0.4, 0.5) is 0 Å². The van der Waals surface area contributed by atoms with E-state index in [2.05, 4.69) is 4.37 Å². The summed E-state index contributed by atoms with van der Waals surface area (Å²) in [7, 11) is 0. The quantitative estimate of drug-likeness (QED) is 0.763. The Hall–Kier alpha value is -1.08.